The van der Waals surface area contributed by atoms with Crippen LogP contribution >= 0.6 is 11.3 Å². The van der Waals surface area contributed by atoms with Crippen LogP contribution in [0.3, 0.4) is 0 Å². The fourth-order valence-corrected chi connectivity index (χ4v) is 19.8. The van der Waals surface area contributed by atoms with Gasteiger partial charge in [-0.15, -0.1) is 11.3 Å². The lowest BCUT2D eigenvalue weighted by Crippen LogP contribution is -2.61. The fraction of sp³-hybridized carbons (Fsp3) is 0.286. The monoisotopic (exact) mass is 1200 g/mol. The minimum Gasteiger partial charge on any atom is -0.456 e. The molecule has 2 fully saturated rings. The number of fused-ring (bicyclic) bond motifs is 16. The lowest BCUT2D eigenvalue weighted by Gasteiger charge is -2.51. The smallest absolute Gasteiger partial charge is 0.252 e. The van der Waals surface area contributed by atoms with E-state index in [1.807, 2.05) is 11.3 Å². The molecule has 450 valence electrons. The van der Waals surface area contributed by atoms with Crippen LogP contribution in [-0.2, 0) is 21.7 Å². The number of benzene rings is 10. The van der Waals surface area contributed by atoms with Crippen LogP contribution in [0, 0.1) is 0 Å². The van der Waals surface area contributed by atoms with Crippen molar-refractivity contribution in [1.29, 1.82) is 0 Å². The van der Waals surface area contributed by atoms with Gasteiger partial charge in [-0.25, -0.2) is 0 Å². The Morgan fingerprint density at radius 3 is 1.69 bits per heavy atom. The molecular weight excluding hydrogens is 1120 g/mol. The van der Waals surface area contributed by atoms with Gasteiger partial charge < -0.3 is 24.0 Å². The van der Waals surface area contributed by atoms with Crippen molar-refractivity contribution in [3.05, 3.63) is 222 Å². The average Bonchev–Trinajstić information content (AvgIpc) is 1.33. The van der Waals surface area contributed by atoms with Crippen molar-refractivity contribution < 1.29 is 4.42 Å². The van der Waals surface area contributed by atoms with Gasteiger partial charge in [-0.2, -0.15) is 0 Å². The lowest BCUT2D eigenvalue weighted by atomic mass is 9.33. The minimum absolute atomic E-state index is 0.00569. The first-order valence-electron chi connectivity index (χ1n) is 33.7. The zero-order valence-corrected chi connectivity index (χ0v) is 55.2. The van der Waals surface area contributed by atoms with E-state index >= 15 is 0 Å². The van der Waals surface area contributed by atoms with Crippen molar-refractivity contribution in [3.63, 3.8) is 0 Å². The van der Waals surface area contributed by atoms with Gasteiger partial charge in [0, 0.05) is 88.3 Å². The number of furan rings is 1. The minimum atomic E-state index is -0.211. The highest BCUT2D eigenvalue weighted by molar-refractivity contribution is 7.26. The molecule has 6 aliphatic rings. The number of hydrogen-bond acceptors (Lipinski definition) is 6. The second kappa shape index (κ2) is 19.0. The van der Waals surface area contributed by atoms with Crippen LogP contribution in [0.15, 0.2) is 205 Å². The molecule has 2 aliphatic carbocycles. The maximum atomic E-state index is 6.64. The van der Waals surface area contributed by atoms with Crippen molar-refractivity contribution in [2.45, 2.75) is 153 Å². The summed E-state index contributed by atoms with van der Waals surface area (Å²) < 4.78 is 9.25. The second-order valence-electron chi connectivity index (χ2n) is 30.7. The third-order valence-electron chi connectivity index (χ3n) is 23.8. The maximum Gasteiger partial charge on any atom is 0.252 e. The van der Waals surface area contributed by atoms with E-state index in [2.05, 4.69) is 289 Å². The van der Waals surface area contributed by atoms with Crippen molar-refractivity contribution >= 4 is 133 Å². The van der Waals surface area contributed by atoms with Gasteiger partial charge in [0.15, 0.2) is 0 Å². The van der Waals surface area contributed by atoms with Crippen LogP contribution in [0.1, 0.15) is 143 Å². The van der Waals surface area contributed by atoms with Crippen LogP contribution in [0.5, 0.6) is 0 Å². The molecular formula is C84H79BN4OS. The Morgan fingerprint density at radius 1 is 0.396 bits per heavy atom. The van der Waals surface area contributed by atoms with Gasteiger partial charge in [-0.1, -0.05) is 196 Å². The Morgan fingerprint density at radius 2 is 0.956 bits per heavy atom. The van der Waals surface area contributed by atoms with E-state index in [0.29, 0.717) is 0 Å². The van der Waals surface area contributed by atoms with Crippen molar-refractivity contribution in [3.8, 4) is 11.1 Å². The highest BCUT2D eigenvalue weighted by Gasteiger charge is 2.60. The standard InChI is InChI=1S/C84H79BN4OS/c1-79(2,3)54-33-39-68-64(46-54)82(8)42-19-21-44-84(82,10)89(68)58-50-72-77-73(51-58)87(69-28-22-27-61-60-26-15-17-30-76(60)91-78(61)69)71-49-57(88-67-38-31-53(52-23-12-11-13-24-52)45-63(67)81(7)41-18-20-43-83(81,88)9)34-37-66(71)85(77)65-36-32-55(80(4,5)6)47-70(65)86(72)56-35-40-75-62(48-56)59-25-14-16-29-74(59)90-75/h11-17,22-40,45-51H,18-21,41-44H2,1-10H3. The Labute approximate surface area is 541 Å². The van der Waals surface area contributed by atoms with E-state index in [9.17, 15) is 0 Å². The van der Waals surface area contributed by atoms with Gasteiger partial charge in [0.05, 0.1) is 21.5 Å². The third-order valence-corrected chi connectivity index (χ3v) is 25.1. The number of rotatable bonds is 5. The molecule has 12 aromatic rings. The lowest BCUT2D eigenvalue weighted by molar-refractivity contribution is 0.195. The van der Waals surface area contributed by atoms with Gasteiger partial charge in [-0.05, 0) is 185 Å². The molecule has 2 aromatic heterocycles. The summed E-state index contributed by atoms with van der Waals surface area (Å²) in [5.74, 6) is 0. The van der Waals surface area contributed by atoms with E-state index in [0.717, 1.165) is 53.3 Å². The summed E-state index contributed by atoms with van der Waals surface area (Å²) in [5.41, 5.74) is 25.9. The molecule has 6 heterocycles. The van der Waals surface area contributed by atoms with E-state index in [-0.39, 0.29) is 39.5 Å². The Hall–Kier alpha value is -8.52. The second-order valence-corrected chi connectivity index (χ2v) is 31.7. The predicted octanol–water partition coefficient (Wildman–Crippen LogP) is 21.8. The molecule has 5 nitrogen and oxygen atoms in total. The fourth-order valence-electron chi connectivity index (χ4n) is 18.6. The summed E-state index contributed by atoms with van der Waals surface area (Å²) in [6.07, 6.45) is 9.37. The van der Waals surface area contributed by atoms with E-state index in [1.54, 1.807) is 0 Å². The van der Waals surface area contributed by atoms with Gasteiger partial charge in [0.2, 0.25) is 0 Å². The van der Waals surface area contributed by atoms with Crippen molar-refractivity contribution in [2.75, 3.05) is 19.6 Å². The van der Waals surface area contributed by atoms with Crippen LogP contribution in [0.25, 0.3) is 53.2 Å². The average molecular weight is 1200 g/mol. The summed E-state index contributed by atoms with van der Waals surface area (Å²) in [6.45, 7) is 24.6. The van der Waals surface area contributed by atoms with Gasteiger partial charge >= 0.3 is 0 Å². The molecule has 7 heteroatoms. The van der Waals surface area contributed by atoms with E-state index < -0.39 is 0 Å². The first-order valence-corrected chi connectivity index (χ1v) is 34.5. The first-order chi connectivity index (χ1) is 43.8. The van der Waals surface area contributed by atoms with Crippen molar-refractivity contribution in [2.24, 2.45) is 0 Å². The van der Waals surface area contributed by atoms with Crippen LogP contribution in [-0.4, -0.2) is 17.8 Å². The molecule has 2 saturated carbocycles. The zero-order valence-electron chi connectivity index (χ0n) is 54.4. The molecule has 10 aromatic carbocycles. The quantitative estimate of drug-likeness (QED) is 0.160. The van der Waals surface area contributed by atoms with Crippen LogP contribution < -0.4 is 36.0 Å². The van der Waals surface area contributed by atoms with Crippen LogP contribution in [0.2, 0.25) is 0 Å². The zero-order chi connectivity index (χ0) is 61.9. The molecule has 0 spiro atoms. The number of nitrogens with zero attached hydrogens (tertiary/aromatic N) is 4. The van der Waals surface area contributed by atoms with Gasteiger partial charge in [0.1, 0.15) is 11.2 Å². The first kappa shape index (κ1) is 55.3. The maximum absolute atomic E-state index is 6.64. The number of thiophene rings is 1. The predicted molar refractivity (Wildman–Crippen MR) is 389 cm³/mol. The summed E-state index contributed by atoms with van der Waals surface area (Å²) in [4.78, 5) is 11.1. The number of hydrogen-bond donors (Lipinski definition) is 0. The van der Waals surface area contributed by atoms with E-state index in [4.69, 9.17) is 4.42 Å². The molecule has 4 unspecified atom stereocenters. The molecule has 18 rings (SSSR count). The van der Waals surface area contributed by atoms with E-state index in [1.165, 1.54) is 147 Å². The molecule has 0 amide bonds. The Bertz CT molecular complexity index is 5060. The summed E-state index contributed by atoms with van der Waals surface area (Å²) in [5, 5.41) is 4.86. The highest BCUT2D eigenvalue weighted by atomic mass is 32.1. The Balaban J connectivity index is 0.959. The summed E-state index contributed by atoms with van der Waals surface area (Å²) in [7, 11) is 0. The van der Waals surface area contributed by atoms with Crippen molar-refractivity contribution in [1.82, 2.24) is 0 Å². The molecule has 0 saturated heterocycles. The molecule has 91 heavy (non-hydrogen) atoms. The number of anilines is 10. The molecule has 0 radical (unpaired) electrons. The topological polar surface area (TPSA) is 26.1 Å². The number of para-hydroxylation sites is 1. The Kier molecular flexibility index (Phi) is 11.6. The molecule has 4 aliphatic heterocycles. The SMILES string of the molecule is CC(C)(C)c1ccc2c(c1)N(c1ccc3oc4ccccc4c3c1)c1cc(N3c4ccc(C(C)(C)C)cc4C4(C)CCCCC34C)cc3c1B2c1ccc(N2c4ccc(-c5ccccc5)cc4C4(C)CCCCC24C)cc1N3c1cccc2c1sc1ccccc12. The van der Waals surface area contributed by atoms with Crippen LogP contribution in [0.4, 0.5) is 56.9 Å². The third kappa shape index (κ3) is 7.59. The van der Waals surface area contributed by atoms with Gasteiger partial charge in [0.25, 0.3) is 6.71 Å². The molecule has 4 atom stereocenters. The highest BCUT2D eigenvalue weighted by Crippen LogP contribution is 2.65. The largest absolute Gasteiger partial charge is 0.456 e. The summed E-state index contributed by atoms with van der Waals surface area (Å²) in [6, 6.07) is 78.2. The van der Waals surface area contributed by atoms with Gasteiger partial charge in [-0.3, -0.25) is 0 Å². The molecule has 0 bridgehead atoms. The molecule has 0 N–H and O–H groups in total. The summed E-state index contributed by atoms with van der Waals surface area (Å²) >= 11 is 1.94. The normalized spacial score (nSPS) is 22.3.